The van der Waals surface area contributed by atoms with Gasteiger partial charge in [-0.05, 0) is 87.7 Å². The smallest absolute Gasteiger partial charge is 0.280 e. The molecule has 2 aromatic heterocycles. The second-order valence-electron chi connectivity index (χ2n) is 10.7. The molecule has 0 spiro atoms. The fourth-order valence-corrected chi connectivity index (χ4v) is 5.55. The Kier molecular flexibility index (Phi) is 6.95. The fourth-order valence-electron chi connectivity index (χ4n) is 5.55. The summed E-state index contributed by atoms with van der Waals surface area (Å²) in [6.07, 6.45) is 7.11. The molecule has 10 heteroatoms. The van der Waals surface area contributed by atoms with E-state index in [1.165, 1.54) is 12.8 Å². The van der Waals surface area contributed by atoms with Crippen LogP contribution in [-0.2, 0) is 7.05 Å². The molecule has 1 aromatic carbocycles. The van der Waals surface area contributed by atoms with Crippen LogP contribution in [0.3, 0.4) is 0 Å². The monoisotopic (exact) mass is 528 g/mol. The number of carbonyl (C=O) groups is 1. The Morgan fingerprint density at radius 3 is 2.87 bits per heavy atom. The molecule has 1 aliphatic carbocycles. The van der Waals surface area contributed by atoms with Crippen LogP contribution in [0.4, 0.5) is 17.1 Å². The van der Waals surface area contributed by atoms with Gasteiger partial charge in [0.2, 0.25) is 11.8 Å². The number of nitrogens with two attached hydrogens (primary N) is 1. The van der Waals surface area contributed by atoms with Gasteiger partial charge in [0.1, 0.15) is 0 Å². The zero-order valence-electron chi connectivity index (χ0n) is 22.6. The summed E-state index contributed by atoms with van der Waals surface area (Å²) >= 11 is 0. The average Bonchev–Trinajstić information content (AvgIpc) is 3.62. The molecule has 3 aromatic rings. The van der Waals surface area contributed by atoms with E-state index in [1.54, 1.807) is 23.0 Å². The number of fused-ring (bicyclic) bond motifs is 7. The first-order valence-corrected chi connectivity index (χ1v) is 13.9. The van der Waals surface area contributed by atoms with E-state index in [1.807, 2.05) is 14.0 Å². The van der Waals surface area contributed by atoms with E-state index < -0.39 is 0 Å². The van der Waals surface area contributed by atoms with Crippen LogP contribution in [0.25, 0.3) is 11.3 Å². The molecule has 1 amide bonds. The number of benzene rings is 1. The van der Waals surface area contributed by atoms with E-state index in [0.717, 1.165) is 60.7 Å². The molecule has 6 rings (SSSR count). The van der Waals surface area contributed by atoms with Gasteiger partial charge in [-0.1, -0.05) is 0 Å². The molecule has 204 valence electrons. The van der Waals surface area contributed by atoms with Gasteiger partial charge >= 0.3 is 0 Å². The van der Waals surface area contributed by atoms with Crippen LogP contribution in [0.2, 0.25) is 0 Å². The highest BCUT2D eigenvalue weighted by Crippen LogP contribution is 2.43. The molecule has 1 atom stereocenters. The van der Waals surface area contributed by atoms with Crippen molar-refractivity contribution in [2.45, 2.75) is 39.0 Å². The molecule has 2 aliphatic heterocycles. The minimum absolute atomic E-state index is 0.312. The lowest BCUT2D eigenvalue weighted by Crippen LogP contribution is -2.36. The first kappa shape index (κ1) is 25.4. The largest absolute Gasteiger partial charge is 0.477 e. The number of amides is 1. The number of rotatable bonds is 5. The Bertz CT molecular complexity index is 1410. The SMILES string of the molecule is Cc1cc2cc(n1)-c1cnn(C)c1OCCCC(C1CC1)CN1/C(=N/C2=O)Nc2cc(NCCCN)ccc21. The van der Waals surface area contributed by atoms with E-state index in [-0.39, 0.29) is 5.91 Å². The number of pyridine rings is 1. The lowest BCUT2D eigenvalue weighted by molar-refractivity contribution is 0.100. The van der Waals surface area contributed by atoms with Gasteiger partial charge in [0.15, 0.2) is 0 Å². The first-order valence-electron chi connectivity index (χ1n) is 13.9. The van der Waals surface area contributed by atoms with Crippen LogP contribution in [0.5, 0.6) is 5.88 Å². The van der Waals surface area contributed by atoms with Crippen LogP contribution < -0.4 is 26.0 Å². The van der Waals surface area contributed by atoms with Crippen molar-refractivity contribution in [3.8, 4) is 17.1 Å². The van der Waals surface area contributed by atoms with Crippen molar-refractivity contribution in [3.63, 3.8) is 0 Å². The number of hydrogen-bond acceptors (Lipinski definition) is 8. The number of aromatic nitrogens is 3. The summed E-state index contributed by atoms with van der Waals surface area (Å²) in [4.78, 5) is 25.1. The number of anilines is 3. The number of hydrogen-bond donors (Lipinski definition) is 3. The summed E-state index contributed by atoms with van der Waals surface area (Å²) in [5.74, 6) is 2.09. The van der Waals surface area contributed by atoms with Gasteiger partial charge in [0.25, 0.3) is 5.91 Å². The highest BCUT2D eigenvalue weighted by molar-refractivity contribution is 6.19. The summed E-state index contributed by atoms with van der Waals surface area (Å²) in [5, 5.41) is 11.3. The Labute approximate surface area is 228 Å². The summed E-state index contributed by atoms with van der Waals surface area (Å²) < 4.78 is 7.98. The number of nitrogens with zero attached hydrogens (tertiary/aromatic N) is 5. The van der Waals surface area contributed by atoms with Crippen molar-refractivity contribution >= 4 is 28.9 Å². The molecule has 1 saturated carbocycles. The average molecular weight is 529 g/mol. The third-order valence-electron chi connectivity index (χ3n) is 7.73. The highest BCUT2D eigenvalue weighted by atomic mass is 16.5. The van der Waals surface area contributed by atoms with Crippen LogP contribution in [-0.4, -0.2) is 52.9 Å². The van der Waals surface area contributed by atoms with E-state index in [9.17, 15) is 4.79 Å². The molecular weight excluding hydrogens is 492 g/mol. The minimum atomic E-state index is -0.312. The lowest BCUT2D eigenvalue weighted by atomic mass is 9.97. The number of nitrogens with one attached hydrogen (secondary N) is 2. The van der Waals surface area contributed by atoms with Crippen molar-refractivity contribution in [3.05, 3.63) is 47.8 Å². The molecule has 0 saturated heterocycles. The van der Waals surface area contributed by atoms with Crippen LogP contribution >= 0.6 is 0 Å². The Balaban J connectivity index is 1.39. The van der Waals surface area contributed by atoms with E-state index >= 15 is 0 Å². The Hall–Kier alpha value is -3.92. The van der Waals surface area contributed by atoms with Gasteiger partial charge in [0.05, 0.1) is 35.4 Å². The summed E-state index contributed by atoms with van der Waals surface area (Å²) in [5.41, 5.74) is 11.3. The number of aliphatic imine (C=N–C) groups is 1. The molecule has 4 N–H and O–H groups in total. The van der Waals surface area contributed by atoms with Gasteiger partial charge < -0.3 is 26.0 Å². The molecular formula is C29H36N8O2. The van der Waals surface area contributed by atoms with Crippen molar-refractivity contribution in [2.24, 2.45) is 29.6 Å². The van der Waals surface area contributed by atoms with E-state index in [4.69, 9.17) is 10.5 Å². The second kappa shape index (κ2) is 10.7. The van der Waals surface area contributed by atoms with Gasteiger partial charge in [-0.3, -0.25) is 9.78 Å². The van der Waals surface area contributed by atoms with Crippen molar-refractivity contribution in [2.75, 3.05) is 41.8 Å². The molecule has 2 bridgehead atoms. The molecule has 1 fully saturated rings. The third kappa shape index (κ3) is 5.34. The maximum Gasteiger partial charge on any atom is 0.280 e. The molecule has 0 radical (unpaired) electrons. The van der Waals surface area contributed by atoms with Crippen LogP contribution in [0.1, 0.15) is 48.2 Å². The predicted molar refractivity (Wildman–Crippen MR) is 153 cm³/mol. The van der Waals surface area contributed by atoms with Crippen LogP contribution in [0, 0.1) is 18.8 Å². The number of guanidine groups is 1. The van der Waals surface area contributed by atoms with Gasteiger partial charge in [0, 0.05) is 37.1 Å². The van der Waals surface area contributed by atoms with Crippen molar-refractivity contribution in [1.29, 1.82) is 0 Å². The van der Waals surface area contributed by atoms with Crippen molar-refractivity contribution < 1.29 is 9.53 Å². The standard InChI is InChI=1S/C29H36N8O2/c1-18-13-21-14-24(33-18)23-16-32-36(2)28(23)39-12-3-5-20(19-6-7-19)17-37-26-9-8-22(31-11-4-10-30)15-25(26)34-29(37)35-27(21)38/h8-9,13-16,19-20,31H,3-7,10-12,17,30H2,1-2H3,(H,34,35,38). The summed E-state index contributed by atoms with van der Waals surface area (Å²) in [6, 6.07) is 9.84. The van der Waals surface area contributed by atoms with E-state index in [2.05, 4.69) is 48.8 Å². The maximum atomic E-state index is 13.6. The third-order valence-corrected chi connectivity index (χ3v) is 7.73. The van der Waals surface area contributed by atoms with Crippen LogP contribution in [0.15, 0.2) is 41.5 Å². The van der Waals surface area contributed by atoms with E-state index in [0.29, 0.717) is 48.1 Å². The zero-order chi connectivity index (χ0) is 26.9. The number of aryl methyl sites for hydroxylation is 2. The topological polar surface area (TPSA) is 123 Å². The van der Waals surface area contributed by atoms with Gasteiger partial charge in [-0.2, -0.15) is 10.1 Å². The molecule has 39 heavy (non-hydrogen) atoms. The highest BCUT2D eigenvalue weighted by Gasteiger charge is 2.36. The first-order chi connectivity index (χ1) is 19.0. The number of carbonyl (C=O) groups excluding carboxylic acids is 1. The van der Waals surface area contributed by atoms with Crippen molar-refractivity contribution in [1.82, 2.24) is 14.8 Å². The molecule has 1 unspecified atom stereocenters. The second-order valence-corrected chi connectivity index (χ2v) is 10.7. The summed E-state index contributed by atoms with van der Waals surface area (Å²) in [7, 11) is 1.87. The predicted octanol–water partition coefficient (Wildman–Crippen LogP) is 4.18. The number of ether oxygens (including phenoxy) is 1. The normalized spacial score (nSPS) is 20.4. The molecule has 10 nitrogen and oxygen atoms in total. The fraction of sp³-hybridized carbons (Fsp3) is 0.448. The van der Waals surface area contributed by atoms with Gasteiger partial charge in [-0.25, -0.2) is 4.68 Å². The summed E-state index contributed by atoms with van der Waals surface area (Å²) in [6.45, 7) is 4.74. The maximum absolute atomic E-state index is 13.6. The molecule has 4 heterocycles. The molecule has 3 aliphatic rings. The zero-order valence-corrected chi connectivity index (χ0v) is 22.6. The quantitative estimate of drug-likeness (QED) is 0.422. The van der Waals surface area contributed by atoms with Gasteiger partial charge in [-0.15, -0.1) is 0 Å². The Morgan fingerprint density at radius 1 is 1.18 bits per heavy atom. The lowest BCUT2D eigenvalue weighted by Gasteiger charge is -2.25. The Morgan fingerprint density at radius 2 is 2.05 bits per heavy atom. The minimum Gasteiger partial charge on any atom is -0.477 e.